The highest BCUT2D eigenvalue weighted by Gasteiger charge is 2.12. The van der Waals surface area contributed by atoms with E-state index in [4.69, 9.17) is 19.0 Å². The first-order chi connectivity index (χ1) is 8.13. The smallest absolute Gasteiger partial charge is 0.333 e. The number of carbonyl (C=O) groups is 1. The predicted octanol–water partition coefficient (Wildman–Crippen LogP) is 1.28. The Kier molecular flexibility index (Phi) is 5.45. The fraction of sp³-hybridized carbons (Fsp3) is 0.417. The summed E-state index contributed by atoms with van der Waals surface area (Å²) in [5.74, 6) is 0.153. The normalized spacial score (nSPS) is 12.1. The molecular formula is C12H16O5. The van der Waals surface area contributed by atoms with Crippen LogP contribution in [0.5, 0.6) is 0 Å². The second kappa shape index (κ2) is 6.88. The van der Waals surface area contributed by atoms with Crippen LogP contribution >= 0.6 is 0 Å². The molecular weight excluding hydrogens is 224 g/mol. The molecule has 0 bridgehead atoms. The molecule has 0 saturated heterocycles. The standard InChI is InChI=1S/C12H16O5/c1-9(2)12(14)17-8-11(6-13)16-7-10-4-3-5-15-10/h3-5,11,13H,1,6-8H2,2H3. The van der Waals surface area contributed by atoms with Crippen molar-refractivity contribution in [1.82, 2.24) is 0 Å². The van der Waals surface area contributed by atoms with E-state index in [1.807, 2.05) is 0 Å². The molecule has 0 aliphatic heterocycles. The number of hydrogen-bond donors (Lipinski definition) is 1. The van der Waals surface area contributed by atoms with E-state index in [2.05, 4.69) is 6.58 Å². The van der Waals surface area contributed by atoms with E-state index >= 15 is 0 Å². The van der Waals surface area contributed by atoms with Crippen molar-refractivity contribution in [2.24, 2.45) is 0 Å². The third kappa shape index (κ3) is 4.84. The predicted molar refractivity (Wildman–Crippen MR) is 60.1 cm³/mol. The molecule has 1 atom stereocenters. The average molecular weight is 240 g/mol. The third-order valence-electron chi connectivity index (χ3n) is 1.99. The Morgan fingerprint density at radius 2 is 2.41 bits per heavy atom. The van der Waals surface area contributed by atoms with Gasteiger partial charge in [0.2, 0.25) is 0 Å². The largest absolute Gasteiger partial charge is 0.467 e. The van der Waals surface area contributed by atoms with E-state index in [9.17, 15) is 4.79 Å². The number of carbonyl (C=O) groups excluding carboxylic acids is 1. The van der Waals surface area contributed by atoms with Crippen molar-refractivity contribution in [2.45, 2.75) is 19.6 Å². The molecule has 1 N–H and O–H groups in total. The molecule has 1 aromatic rings. The van der Waals surface area contributed by atoms with Gasteiger partial charge in [-0.2, -0.15) is 0 Å². The maximum atomic E-state index is 11.1. The van der Waals surface area contributed by atoms with Crippen molar-refractivity contribution in [1.29, 1.82) is 0 Å². The molecule has 5 heteroatoms. The van der Waals surface area contributed by atoms with Gasteiger partial charge in [-0.1, -0.05) is 6.58 Å². The average Bonchev–Trinajstić information content (AvgIpc) is 2.81. The monoisotopic (exact) mass is 240 g/mol. The number of ether oxygens (including phenoxy) is 2. The van der Waals surface area contributed by atoms with E-state index in [0.29, 0.717) is 11.3 Å². The summed E-state index contributed by atoms with van der Waals surface area (Å²) in [5.41, 5.74) is 0.313. The molecule has 1 rings (SSSR count). The fourth-order valence-corrected chi connectivity index (χ4v) is 1.04. The summed E-state index contributed by atoms with van der Waals surface area (Å²) >= 11 is 0. The highest BCUT2D eigenvalue weighted by molar-refractivity contribution is 5.86. The molecule has 1 unspecified atom stereocenters. The van der Waals surface area contributed by atoms with E-state index in [0.717, 1.165) is 0 Å². The van der Waals surface area contributed by atoms with E-state index < -0.39 is 12.1 Å². The first-order valence-electron chi connectivity index (χ1n) is 5.21. The second-order valence-electron chi connectivity index (χ2n) is 3.57. The number of hydrogen-bond acceptors (Lipinski definition) is 5. The van der Waals surface area contributed by atoms with Crippen molar-refractivity contribution < 1.29 is 23.8 Å². The highest BCUT2D eigenvalue weighted by atomic mass is 16.6. The molecule has 0 amide bonds. The lowest BCUT2D eigenvalue weighted by Crippen LogP contribution is -2.25. The van der Waals surface area contributed by atoms with Crippen LogP contribution in [0, 0.1) is 0 Å². The topological polar surface area (TPSA) is 68.9 Å². The molecule has 1 heterocycles. The zero-order valence-electron chi connectivity index (χ0n) is 9.72. The van der Waals surface area contributed by atoms with Crippen molar-refractivity contribution in [2.75, 3.05) is 13.2 Å². The maximum Gasteiger partial charge on any atom is 0.333 e. The second-order valence-corrected chi connectivity index (χ2v) is 3.57. The van der Waals surface area contributed by atoms with Gasteiger partial charge in [-0.25, -0.2) is 4.79 Å². The Morgan fingerprint density at radius 3 is 2.94 bits per heavy atom. The van der Waals surface area contributed by atoms with Crippen molar-refractivity contribution in [3.05, 3.63) is 36.3 Å². The van der Waals surface area contributed by atoms with Crippen LogP contribution in [0.3, 0.4) is 0 Å². The van der Waals surface area contributed by atoms with Gasteiger partial charge in [0.15, 0.2) is 0 Å². The lowest BCUT2D eigenvalue weighted by Gasteiger charge is -2.14. The van der Waals surface area contributed by atoms with Crippen LogP contribution in [0.4, 0.5) is 0 Å². The summed E-state index contributed by atoms with van der Waals surface area (Å²) in [6.45, 7) is 4.99. The minimum absolute atomic E-state index is 0.0110. The van der Waals surface area contributed by atoms with Crippen LogP contribution in [-0.4, -0.2) is 30.4 Å². The number of furan rings is 1. The number of rotatable bonds is 7. The molecule has 0 aliphatic carbocycles. The number of aliphatic hydroxyl groups excluding tert-OH is 1. The lowest BCUT2D eigenvalue weighted by atomic mass is 10.3. The maximum absolute atomic E-state index is 11.1. The van der Waals surface area contributed by atoms with E-state index in [1.54, 1.807) is 19.1 Å². The molecule has 5 nitrogen and oxygen atoms in total. The van der Waals surface area contributed by atoms with Crippen LogP contribution in [0.1, 0.15) is 12.7 Å². The van der Waals surface area contributed by atoms with Crippen LogP contribution in [0.15, 0.2) is 35.0 Å². The van der Waals surface area contributed by atoms with Gasteiger partial charge in [0.1, 0.15) is 25.1 Å². The van der Waals surface area contributed by atoms with Gasteiger partial charge in [-0.3, -0.25) is 0 Å². The van der Waals surface area contributed by atoms with Gasteiger partial charge in [-0.05, 0) is 19.1 Å². The van der Waals surface area contributed by atoms with Gasteiger partial charge in [-0.15, -0.1) is 0 Å². The first-order valence-corrected chi connectivity index (χ1v) is 5.21. The fourth-order valence-electron chi connectivity index (χ4n) is 1.04. The van der Waals surface area contributed by atoms with Gasteiger partial charge < -0.3 is 19.0 Å². The SMILES string of the molecule is C=C(C)C(=O)OCC(CO)OCc1ccco1. The molecule has 1 aromatic heterocycles. The molecule has 0 radical (unpaired) electrons. The molecule has 0 aromatic carbocycles. The van der Waals surface area contributed by atoms with Gasteiger partial charge in [0, 0.05) is 5.57 Å². The Balaban J connectivity index is 2.28. The van der Waals surface area contributed by atoms with Gasteiger partial charge in [0.05, 0.1) is 12.9 Å². The molecule has 0 spiro atoms. The van der Waals surface area contributed by atoms with Crippen LogP contribution in [0.2, 0.25) is 0 Å². The summed E-state index contributed by atoms with van der Waals surface area (Å²) in [4.78, 5) is 11.1. The van der Waals surface area contributed by atoms with Crippen LogP contribution in [0.25, 0.3) is 0 Å². The van der Waals surface area contributed by atoms with Crippen LogP contribution < -0.4 is 0 Å². The molecule has 17 heavy (non-hydrogen) atoms. The minimum atomic E-state index is -0.566. The zero-order valence-corrected chi connectivity index (χ0v) is 9.72. The summed E-state index contributed by atoms with van der Waals surface area (Å²) in [7, 11) is 0. The third-order valence-corrected chi connectivity index (χ3v) is 1.99. The Hall–Kier alpha value is -1.59. The minimum Gasteiger partial charge on any atom is -0.467 e. The first kappa shape index (κ1) is 13.5. The summed E-state index contributed by atoms with van der Waals surface area (Å²) in [6.07, 6.45) is 0.969. The lowest BCUT2D eigenvalue weighted by molar-refractivity contribution is -0.145. The Morgan fingerprint density at radius 1 is 1.65 bits per heavy atom. The number of esters is 1. The van der Waals surface area contributed by atoms with Gasteiger partial charge >= 0.3 is 5.97 Å². The van der Waals surface area contributed by atoms with E-state index in [1.165, 1.54) is 6.26 Å². The van der Waals surface area contributed by atoms with Crippen molar-refractivity contribution in [3.8, 4) is 0 Å². The zero-order chi connectivity index (χ0) is 12.7. The highest BCUT2D eigenvalue weighted by Crippen LogP contribution is 2.05. The molecule has 0 aliphatic rings. The quantitative estimate of drug-likeness (QED) is 0.574. The van der Waals surface area contributed by atoms with Gasteiger partial charge in [0.25, 0.3) is 0 Å². The van der Waals surface area contributed by atoms with E-state index in [-0.39, 0.29) is 19.8 Å². The summed E-state index contributed by atoms with van der Waals surface area (Å²) in [6, 6.07) is 3.50. The number of aliphatic hydroxyl groups is 1. The summed E-state index contributed by atoms with van der Waals surface area (Å²) < 4.78 is 15.3. The summed E-state index contributed by atoms with van der Waals surface area (Å²) in [5, 5.41) is 9.04. The molecule has 0 saturated carbocycles. The molecule has 94 valence electrons. The Labute approximate surface area is 99.6 Å². The van der Waals surface area contributed by atoms with Crippen LogP contribution in [-0.2, 0) is 20.9 Å². The Bertz CT molecular complexity index is 355. The molecule has 0 fully saturated rings. The van der Waals surface area contributed by atoms with Crippen molar-refractivity contribution >= 4 is 5.97 Å². The van der Waals surface area contributed by atoms with Crippen molar-refractivity contribution in [3.63, 3.8) is 0 Å².